The molecular weight excluding hydrogens is 366 g/mol. The molecule has 0 heterocycles. The predicted molar refractivity (Wildman–Crippen MR) is 123 cm³/mol. The summed E-state index contributed by atoms with van der Waals surface area (Å²) in [5.74, 6) is 0.867. The van der Waals surface area contributed by atoms with Crippen LogP contribution in [0.4, 0.5) is 0 Å². The molecule has 0 spiro atoms. The maximum atomic E-state index is 13.2. The smallest absolute Gasteiger partial charge is 0.223 e. The Hall–Kier alpha value is -2.87. The molecular formula is C28H31NO. The molecule has 0 bridgehead atoms. The van der Waals surface area contributed by atoms with Gasteiger partial charge in [0.15, 0.2) is 0 Å². The highest BCUT2D eigenvalue weighted by Gasteiger charge is 2.21. The lowest BCUT2D eigenvalue weighted by Crippen LogP contribution is -2.30. The third-order valence-electron chi connectivity index (χ3n) is 6.22. The maximum Gasteiger partial charge on any atom is 0.223 e. The molecule has 1 unspecified atom stereocenters. The van der Waals surface area contributed by atoms with Crippen LogP contribution >= 0.6 is 0 Å². The van der Waals surface area contributed by atoms with Crippen molar-refractivity contribution in [3.63, 3.8) is 0 Å². The third-order valence-corrected chi connectivity index (χ3v) is 6.22. The molecule has 1 atom stereocenters. The highest BCUT2D eigenvalue weighted by molar-refractivity contribution is 5.76. The number of hydrogen-bond donors (Lipinski definition) is 0. The highest BCUT2D eigenvalue weighted by atomic mass is 16.2. The Morgan fingerprint density at radius 3 is 2.07 bits per heavy atom. The van der Waals surface area contributed by atoms with E-state index >= 15 is 0 Å². The summed E-state index contributed by atoms with van der Waals surface area (Å²) in [6.45, 7) is 1.33. The maximum absolute atomic E-state index is 13.2. The number of rotatable bonds is 8. The van der Waals surface area contributed by atoms with E-state index in [1.807, 2.05) is 41.3 Å². The monoisotopic (exact) mass is 397 g/mol. The molecule has 0 aliphatic heterocycles. The molecule has 0 N–H and O–H groups in total. The van der Waals surface area contributed by atoms with Gasteiger partial charge in [-0.15, -0.1) is 0 Å². The second kappa shape index (κ2) is 10.2. The van der Waals surface area contributed by atoms with Gasteiger partial charge in [-0.25, -0.2) is 0 Å². The summed E-state index contributed by atoms with van der Waals surface area (Å²) in [5, 5.41) is 0. The molecule has 0 fully saturated rings. The van der Waals surface area contributed by atoms with E-state index in [1.165, 1.54) is 41.5 Å². The highest BCUT2D eigenvalue weighted by Crippen LogP contribution is 2.35. The average molecular weight is 398 g/mol. The van der Waals surface area contributed by atoms with Crippen molar-refractivity contribution in [1.82, 2.24) is 4.90 Å². The molecule has 0 saturated heterocycles. The Bertz CT molecular complexity index is 894. The van der Waals surface area contributed by atoms with E-state index in [0.29, 0.717) is 25.4 Å². The van der Waals surface area contributed by atoms with Crippen LogP contribution in [0.15, 0.2) is 84.9 Å². The number of benzene rings is 3. The molecule has 1 aliphatic rings. The standard InChI is InChI=1S/C28H31NO/c30-28(20-10-18-26-17-9-16-25-15-7-8-19-27(25)26)29(21-23-11-3-1-4-12-23)22-24-13-5-2-6-14-24/h1-8,11-15,19,26H,9-10,16-18,20-22H2. The van der Waals surface area contributed by atoms with Crippen molar-refractivity contribution in [2.75, 3.05) is 0 Å². The first-order chi connectivity index (χ1) is 14.8. The zero-order valence-electron chi connectivity index (χ0n) is 17.7. The fraction of sp³-hybridized carbons (Fsp3) is 0.321. The molecule has 0 aromatic heterocycles. The first-order valence-corrected chi connectivity index (χ1v) is 11.2. The minimum absolute atomic E-state index is 0.256. The number of fused-ring (bicyclic) bond motifs is 1. The van der Waals surface area contributed by atoms with Gasteiger partial charge in [-0.05, 0) is 60.3 Å². The zero-order chi connectivity index (χ0) is 20.6. The summed E-state index contributed by atoms with van der Waals surface area (Å²) in [5.41, 5.74) is 5.39. The normalized spacial score (nSPS) is 15.4. The van der Waals surface area contributed by atoms with E-state index < -0.39 is 0 Å². The van der Waals surface area contributed by atoms with Gasteiger partial charge < -0.3 is 4.90 Å². The average Bonchev–Trinajstić information content (AvgIpc) is 2.80. The summed E-state index contributed by atoms with van der Waals surface area (Å²) in [7, 11) is 0. The van der Waals surface area contributed by atoms with Crippen LogP contribution in [0.2, 0.25) is 0 Å². The molecule has 2 nitrogen and oxygen atoms in total. The van der Waals surface area contributed by atoms with Crippen molar-refractivity contribution >= 4 is 5.91 Å². The van der Waals surface area contributed by atoms with Gasteiger partial charge in [0.05, 0.1) is 0 Å². The fourth-order valence-electron chi connectivity index (χ4n) is 4.65. The molecule has 154 valence electrons. The van der Waals surface area contributed by atoms with Gasteiger partial charge in [0.1, 0.15) is 0 Å². The summed E-state index contributed by atoms with van der Waals surface area (Å²) < 4.78 is 0. The molecule has 3 aromatic rings. The molecule has 1 aliphatic carbocycles. The Morgan fingerprint density at radius 1 is 0.800 bits per heavy atom. The van der Waals surface area contributed by atoms with Crippen molar-refractivity contribution in [2.24, 2.45) is 0 Å². The lowest BCUT2D eigenvalue weighted by Gasteiger charge is -2.26. The van der Waals surface area contributed by atoms with Crippen LogP contribution in [0.5, 0.6) is 0 Å². The van der Waals surface area contributed by atoms with Gasteiger partial charge >= 0.3 is 0 Å². The fourth-order valence-corrected chi connectivity index (χ4v) is 4.65. The molecule has 0 radical (unpaired) electrons. The van der Waals surface area contributed by atoms with E-state index in [4.69, 9.17) is 0 Å². The summed E-state index contributed by atoms with van der Waals surface area (Å²) in [4.78, 5) is 15.2. The van der Waals surface area contributed by atoms with Gasteiger partial charge in [-0.2, -0.15) is 0 Å². The van der Waals surface area contributed by atoms with Gasteiger partial charge in [0.2, 0.25) is 5.91 Å². The molecule has 30 heavy (non-hydrogen) atoms. The first kappa shape index (κ1) is 20.4. The number of carbonyl (C=O) groups is 1. The first-order valence-electron chi connectivity index (χ1n) is 11.2. The van der Waals surface area contributed by atoms with Crippen LogP contribution in [-0.2, 0) is 24.3 Å². The Kier molecular flexibility index (Phi) is 6.97. The largest absolute Gasteiger partial charge is 0.334 e. The molecule has 2 heteroatoms. The summed E-state index contributed by atoms with van der Waals surface area (Å²) in [6, 6.07) is 29.5. The van der Waals surface area contributed by atoms with Crippen molar-refractivity contribution in [2.45, 2.75) is 57.5 Å². The Balaban J connectivity index is 1.38. The number of amides is 1. The van der Waals surface area contributed by atoms with Gasteiger partial charge in [0.25, 0.3) is 0 Å². The van der Waals surface area contributed by atoms with Crippen LogP contribution in [0.3, 0.4) is 0 Å². The van der Waals surface area contributed by atoms with Crippen molar-refractivity contribution in [3.05, 3.63) is 107 Å². The van der Waals surface area contributed by atoms with E-state index in [2.05, 4.69) is 48.5 Å². The van der Waals surface area contributed by atoms with Crippen molar-refractivity contribution in [1.29, 1.82) is 0 Å². The Morgan fingerprint density at radius 2 is 1.40 bits per heavy atom. The third kappa shape index (κ3) is 5.38. The number of hydrogen-bond acceptors (Lipinski definition) is 1. The SMILES string of the molecule is O=C(CCCC1CCCc2ccccc21)N(Cc1ccccc1)Cc1ccccc1. The minimum atomic E-state index is 0.256. The van der Waals surface area contributed by atoms with Crippen LogP contribution in [-0.4, -0.2) is 10.8 Å². The van der Waals surface area contributed by atoms with Crippen LogP contribution in [0.1, 0.15) is 60.3 Å². The van der Waals surface area contributed by atoms with E-state index in [0.717, 1.165) is 12.8 Å². The number of carbonyl (C=O) groups excluding carboxylic acids is 1. The van der Waals surface area contributed by atoms with E-state index in [-0.39, 0.29) is 5.91 Å². The second-order valence-corrected chi connectivity index (χ2v) is 8.40. The van der Waals surface area contributed by atoms with Gasteiger partial charge in [-0.1, -0.05) is 84.9 Å². The molecule has 4 rings (SSSR count). The van der Waals surface area contributed by atoms with E-state index in [1.54, 1.807) is 0 Å². The second-order valence-electron chi connectivity index (χ2n) is 8.40. The van der Waals surface area contributed by atoms with Gasteiger partial charge in [-0.3, -0.25) is 4.79 Å². The van der Waals surface area contributed by atoms with Crippen LogP contribution in [0.25, 0.3) is 0 Å². The molecule has 1 amide bonds. The van der Waals surface area contributed by atoms with E-state index in [9.17, 15) is 4.79 Å². The van der Waals surface area contributed by atoms with Crippen LogP contribution < -0.4 is 0 Å². The predicted octanol–water partition coefficient (Wildman–Crippen LogP) is 6.51. The number of aryl methyl sites for hydroxylation is 1. The van der Waals surface area contributed by atoms with Crippen LogP contribution in [0, 0.1) is 0 Å². The lowest BCUT2D eigenvalue weighted by molar-refractivity contribution is -0.132. The number of nitrogens with zero attached hydrogens (tertiary/aromatic N) is 1. The summed E-state index contributed by atoms with van der Waals surface area (Å²) >= 11 is 0. The van der Waals surface area contributed by atoms with Crippen molar-refractivity contribution in [3.8, 4) is 0 Å². The van der Waals surface area contributed by atoms with Crippen molar-refractivity contribution < 1.29 is 4.79 Å². The minimum Gasteiger partial charge on any atom is -0.334 e. The topological polar surface area (TPSA) is 20.3 Å². The molecule has 3 aromatic carbocycles. The zero-order valence-corrected chi connectivity index (χ0v) is 17.7. The lowest BCUT2D eigenvalue weighted by atomic mass is 9.80. The summed E-state index contributed by atoms with van der Waals surface area (Å²) in [6.07, 6.45) is 6.41. The Labute approximate surface area is 180 Å². The molecule has 0 saturated carbocycles. The van der Waals surface area contributed by atoms with Gasteiger partial charge in [0, 0.05) is 19.5 Å². The quantitative estimate of drug-likeness (QED) is 0.424.